The third kappa shape index (κ3) is 4.10. The smallest absolute Gasteiger partial charge is 0.276 e. The van der Waals surface area contributed by atoms with Gasteiger partial charge >= 0.3 is 0 Å². The van der Waals surface area contributed by atoms with Crippen molar-refractivity contribution in [1.29, 1.82) is 5.26 Å². The number of nitriles is 1. The number of nitrogens with one attached hydrogen (secondary N) is 2. The van der Waals surface area contributed by atoms with Crippen molar-refractivity contribution in [2.75, 3.05) is 26.3 Å². The Balaban J connectivity index is 1.43. The van der Waals surface area contributed by atoms with Crippen LogP contribution in [0.4, 0.5) is 0 Å². The lowest BCUT2D eigenvalue weighted by atomic mass is 9.83. The third-order valence-electron chi connectivity index (χ3n) is 6.34. The lowest BCUT2D eigenvalue weighted by Crippen LogP contribution is -3.11. The highest BCUT2D eigenvalue weighted by Crippen LogP contribution is 2.33. The van der Waals surface area contributed by atoms with E-state index < -0.39 is 5.54 Å². The largest absolute Gasteiger partial charge is 0.490 e. The first-order chi connectivity index (χ1) is 13.7. The molecule has 150 valence electrons. The van der Waals surface area contributed by atoms with Crippen LogP contribution in [0.15, 0.2) is 18.2 Å². The molecule has 1 saturated carbocycles. The van der Waals surface area contributed by atoms with E-state index in [2.05, 4.69) is 23.5 Å². The van der Waals surface area contributed by atoms with Gasteiger partial charge in [-0.15, -0.1) is 0 Å². The van der Waals surface area contributed by atoms with Crippen molar-refractivity contribution in [3.05, 3.63) is 23.8 Å². The zero-order chi connectivity index (χ0) is 19.4. The highest BCUT2D eigenvalue weighted by Gasteiger charge is 2.37. The number of benzene rings is 1. The minimum atomic E-state index is -0.654. The third-order valence-corrected chi connectivity index (χ3v) is 6.34. The van der Waals surface area contributed by atoms with Gasteiger partial charge in [0.2, 0.25) is 0 Å². The van der Waals surface area contributed by atoms with E-state index in [9.17, 15) is 10.1 Å². The van der Waals surface area contributed by atoms with E-state index in [1.165, 1.54) is 10.5 Å². The molecule has 28 heavy (non-hydrogen) atoms. The van der Waals surface area contributed by atoms with E-state index in [1.807, 2.05) is 6.07 Å². The number of ether oxygens (including phenoxy) is 2. The van der Waals surface area contributed by atoms with Crippen molar-refractivity contribution in [2.24, 2.45) is 0 Å². The molecule has 2 N–H and O–H groups in total. The second kappa shape index (κ2) is 8.40. The molecule has 2 aliphatic heterocycles. The van der Waals surface area contributed by atoms with Crippen LogP contribution in [-0.4, -0.2) is 37.7 Å². The summed E-state index contributed by atoms with van der Waals surface area (Å²) in [5.74, 6) is 1.63. The molecule has 0 aromatic heterocycles. The molecule has 6 nitrogen and oxygen atoms in total. The Hall–Kier alpha value is -2.26. The van der Waals surface area contributed by atoms with Gasteiger partial charge in [-0.2, -0.15) is 5.26 Å². The summed E-state index contributed by atoms with van der Waals surface area (Å²) in [6.45, 7) is 2.76. The van der Waals surface area contributed by atoms with Crippen molar-refractivity contribution in [3.8, 4) is 17.6 Å². The number of amides is 1. The van der Waals surface area contributed by atoms with Crippen LogP contribution >= 0.6 is 0 Å². The molecule has 1 unspecified atom stereocenters. The fourth-order valence-electron chi connectivity index (χ4n) is 4.86. The fourth-order valence-corrected chi connectivity index (χ4v) is 4.86. The number of hydrogen-bond donors (Lipinski definition) is 2. The summed E-state index contributed by atoms with van der Waals surface area (Å²) >= 11 is 0. The molecular weight excluding hydrogens is 354 g/mol. The van der Waals surface area contributed by atoms with Gasteiger partial charge in [0.1, 0.15) is 11.6 Å². The first-order valence-corrected chi connectivity index (χ1v) is 10.7. The Kier molecular flexibility index (Phi) is 5.72. The van der Waals surface area contributed by atoms with Crippen LogP contribution in [0.1, 0.15) is 63.0 Å². The molecule has 1 saturated heterocycles. The minimum Gasteiger partial charge on any atom is -0.490 e. The van der Waals surface area contributed by atoms with Crippen LogP contribution in [0.3, 0.4) is 0 Å². The molecular formula is C22H30N3O3+. The number of hydrogen-bond acceptors (Lipinski definition) is 4. The average molecular weight is 385 g/mol. The van der Waals surface area contributed by atoms with E-state index in [4.69, 9.17) is 9.47 Å². The lowest BCUT2D eigenvalue weighted by Gasteiger charge is -2.32. The summed E-state index contributed by atoms with van der Waals surface area (Å²) in [5.41, 5.74) is 0.552. The highest BCUT2D eigenvalue weighted by molar-refractivity contribution is 5.78. The molecule has 2 fully saturated rings. The Labute approximate surface area is 166 Å². The van der Waals surface area contributed by atoms with Gasteiger partial charge < -0.3 is 19.7 Å². The van der Waals surface area contributed by atoms with Crippen LogP contribution in [0, 0.1) is 11.3 Å². The molecule has 2 atom stereocenters. The molecule has 0 bridgehead atoms. The number of carbonyl (C=O) groups is 1. The van der Waals surface area contributed by atoms with E-state index in [0.29, 0.717) is 19.8 Å². The molecule has 1 aliphatic carbocycles. The summed E-state index contributed by atoms with van der Waals surface area (Å²) in [6, 6.07) is 8.87. The van der Waals surface area contributed by atoms with Gasteiger partial charge in [0, 0.05) is 24.8 Å². The number of nitrogens with zero attached hydrogens (tertiary/aromatic N) is 1. The number of fused-ring (bicyclic) bond motifs is 1. The fraction of sp³-hybridized carbons (Fsp3) is 0.636. The molecule has 1 aromatic rings. The van der Waals surface area contributed by atoms with Crippen molar-refractivity contribution < 1.29 is 19.2 Å². The maximum atomic E-state index is 12.8. The first-order valence-electron chi connectivity index (χ1n) is 10.7. The van der Waals surface area contributed by atoms with E-state index in [-0.39, 0.29) is 11.9 Å². The summed E-state index contributed by atoms with van der Waals surface area (Å²) in [7, 11) is 0. The van der Waals surface area contributed by atoms with Crippen LogP contribution in [0.2, 0.25) is 0 Å². The van der Waals surface area contributed by atoms with Crippen LogP contribution < -0.4 is 19.7 Å². The van der Waals surface area contributed by atoms with Gasteiger partial charge in [0.15, 0.2) is 18.0 Å². The van der Waals surface area contributed by atoms with Crippen molar-refractivity contribution in [3.63, 3.8) is 0 Å². The van der Waals surface area contributed by atoms with Crippen LogP contribution in [0.5, 0.6) is 11.5 Å². The summed E-state index contributed by atoms with van der Waals surface area (Å²) in [6.07, 6.45) is 7.80. The van der Waals surface area contributed by atoms with E-state index in [0.717, 1.165) is 69.4 Å². The topological polar surface area (TPSA) is 75.8 Å². The monoisotopic (exact) mass is 384 g/mol. The van der Waals surface area contributed by atoms with Crippen LogP contribution in [0.25, 0.3) is 0 Å². The summed E-state index contributed by atoms with van der Waals surface area (Å²) < 4.78 is 11.6. The molecule has 0 radical (unpaired) electrons. The van der Waals surface area contributed by atoms with Crippen molar-refractivity contribution >= 4 is 5.91 Å². The summed E-state index contributed by atoms with van der Waals surface area (Å²) in [4.78, 5) is 14.0. The van der Waals surface area contributed by atoms with Gasteiger partial charge in [-0.05, 0) is 31.0 Å². The average Bonchev–Trinajstić information content (AvgIpc) is 3.03. The second-order valence-corrected chi connectivity index (χ2v) is 8.34. The maximum absolute atomic E-state index is 12.8. The molecule has 6 heteroatoms. The van der Waals surface area contributed by atoms with E-state index >= 15 is 0 Å². The van der Waals surface area contributed by atoms with E-state index in [1.54, 1.807) is 0 Å². The summed E-state index contributed by atoms with van der Waals surface area (Å²) in [5, 5.41) is 12.7. The zero-order valence-electron chi connectivity index (χ0n) is 16.5. The predicted octanol–water partition coefficient (Wildman–Crippen LogP) is 1.91. The molecule has 2 heterocycles. The van der Waals surface area contributed by atoms with Crippen molar-refractivity contribution in [1.82, 2.24) is 5.32 Å². The number of rotatable bonds is 4. The van der Waals surface area contributed by atoms with Gasteiger partial charge in [-0.25, -0.2) is 0 Å². The number of carbonyl (C=O) groups excluding carboxylic acids is 1. The first kappa shape index (κ1) is 19.1. The van der Waals surface area contributed by atoms with Crippen LogP contribution in [-0.2, 0) is 4.79 Å². The Bertz CT molecular complexity index is 752. The maximum Gasteiger partial charge on any atom is 0.276 e. The predicted molar refractivity (Wildman–Crippen MR) is 104 cm³/mol. The number of quaternary nitrogens is 1. The second-order valence-electron chi connectivity index (χ2n) is 8.34. The Morgan fingerprint density at radius 2 is 1.93 bits per heavy atom. The van der Waals surface area contributed by atoms with Gasteiger partial charge in [-0.1, -0.05) is 19.3 Å². The van der Waals surface area contributed by atoms with Gasteiger partial charge in [0.25, 0.3) is 5.91 Å². The molecule has 3 aliphatic rings. The minimum absolute atomic E-state index is 0.000284. The molecule has 1 amide bonds. The number of likely N-dealkylation sites (tertiary alicyclic amines) is 1. The molecule has 0 spiro atoms. The normalized spacial score (nSPS) is 26.1. The molecule has 1 aromatic carbocycles. The quantitative estimate of drug-likeness (QED) is 0.832. The lowest BCUT2D eigenvalue weighted by molar-refractivity contribution is -0.910. The van der Waals surface area contributed by atoms with Gasteiger partial charge in [-0.3, -0.25) is 4.79 Å². The molecule has 4 rings (SSSR count). The zero-order valence-corrected chi connectivity index (χ0v) is 16.5. The van der Waals surface area contributed by atoms with Crippen molar-refractivity contribution in [2.45, 2.75) is 62.9 Å². The standard InChI is InChI=1S/C22H29N3O3/c23-16-22(9-2-1-3-10-22)24-21(26)15-25-11-4-6-18(25)17-7-8-19-20(14-17)28-13-5-12-27-19/h7-8,14,18H,1-6,9-13,15H2,(H,24,26)/p+1/t18-/m0/s1. The highest BCUT2D eigenvalue weighted by atomic mass is 16.5. The van der Waals surface area contributed by atoms with Gasteiger partial charge in [0.05, 0.1) is 25.8 Å². The SMILES string of the molecule is N#CC1(NC(=O)C[NH+]2CCC[C@H]2c2ccc3c(c2)OCCCO3)CCCCC1. The Morgan fingerprint density at radius 1 is 1.14 bits per heavy atom. The Morgan fingerprint density at radius 3 is 2.71 bits per heavy atom.